The summed E-state index contributed by atoms with van der Waals surface area (Å²) in [7, 11) is 1.49. The lowest BCUT2D eigenvalue weighted by molar-refractivity contribution is -0.122. The molecule has 0 unspecified atom stereocenters. The fourth-order valence-electron chi connectivity index (χ4n) is 7.80. The van der Waals surface area contributed by atoms with Crippen LogP contribution < -0.4 is 20.1 Å². The lowest BCUT2D eigenvalue weighted by atomic mass is 9.94. The van der Waals surface area contributed by atoms with Crippen molar-refractivity contribution in [3.8, 4) is 23.0 Å². The molecule has 13 heteroatoms. The van der Waals surface area contributed by atoms with E-state index in [9.17, 15) is 9.18 Å². The van der Waals surface area contributed by atoms with Gasteiger partial charge in [-0.15, -0.1) is 0 Å². The summed E-state index contributed by atoms with van der Waals surface area (Å²) < 4.78 is 63.7. The number of piperidine rings is 1. The first kappa shape index (κ1) is 32.3. The molecular formula is C35H39F3N6O4. The number of fused-ring (bicyclic) bond motifs is 3. The van der Waals surface area contributed by atoms with Crippen LogP contribution in [-0.4, -0.2) is 84.2 Å². The lowest BCUT2D eigenvalue weighted by Crippen LogP contribution is -2.43. The summed E-state index contributed by atoms with van der Waals surface area (Å²) >= 11 is 0. The van der Waals surface area contributed by atoms with Crippen molar-refractivity contribution < 1.29 is 32.2 Å². The Kier molecular flexibility index (Phi) is 8.75. The Hall–Kier alpha value is -4.23. The van der Waals surface area contributed by atoms with E-state index < -0.39 is 35.2 Å². The van der Waals surface area contributed by atoms with Crippen LogP contribution >= 0.6 is 0 Å². The van der Waals surface area contributed by atoms with Gasteiger partial charge >= 0.3 is 6.01 Å². The maximum atomic E-state index is 17.0. The molecule has 0 saturated carbocycles. The third-order valence-electron chi connectivity index (χ3n) is 10.1. The van der Waals surface area contributed by atoms with Crippen LogP contribution in [0.4, 0.5) is 19.0 Å². The van der Waals surface area contributed by atoms with Gasteiger partial charge in [0.05, 0.1) is 16.8 Å². The summed E-state index contributed by atoms with van der Waals surface area (Å²) in [6.45, 7) is 3.97. The highest BCUT2D eigenvalue weighted by Gasteiger charge is 2.49. The summed E-state index contributed by atoms with van der Waals surface area (Å²) in [4.78, 5) is 30.1. The number of carbonyl (C=O) groups excluding carboxylic acids is 1. The first-order chi connectivity index (χ1) is 23.2. The highest BCUT2D eigenvalue weighted by atomic mass is 19.1. The van der Waals surface area contributed by atoms with Gasteiger partial charge in [0.1, 0.15) is 41.4 Å². The first-order valence-corrected chi connectivity index (χ1v) is 16.5. The van der Waals surface area contributed by atoms with Gasteiger partial charge in [0.25, 0.3) is 0 Å². The van der Waals surface area contributed by atoms with E-state index in [1.54, 1.807) is 18.2 Å². The molecule has 3 aliphatic heterocycles. The Balaban J connectivity index is 1.38. The molecule has 0 radical (unpaired) electrons. The molecule has 2 N–H and O–H groups in total. The SMILES string of the molecule is CCc1c(F)ccc2cc(OCOC)cc(-c3ncc4c(N5CCC[C@@H](C(N)=O)C5)nc(OC[C@@]56CCCN5C[C@H](F)C6)nc4c3F)c12. The Labute approximate surface area is 276 Å². The topological polar surface area (TPSA) is 116 Å². The third kappa shape index (κ3) is 5.76. The number of amides is 1. The predicted octanol–water partition coefficient (Wildman–Crippen LogP) is 5.33. The zero-order valence-electron chi connectivity index (χ0n) is 27.1. The smallest absolute Gasteiger partial charge is 0.319 e. The van der Waals surface area contributed by atoms with E-state index in [1.165, 1.54) is 19.4 Å². The van der Waals surface area contributed by atoms with E-state index in [2.05, 4.69) is 14.9 Å². The van der Waals surface area contributed by atoms with Gasteiger partial charge in [0, 0.05) is 44.9 Å². The number of pyridine rings is 1. The van der Waals surface area contributed by atoms with Crippen molar-refractivity contribution in [2.75, 3.05) is 51.6 Å². The van der Waals surface area contributed by atoms with Crippen LogP contribution in [0.1, 0.15) is 44.6 Å². The number of aryl methyl sites for hydroxylation is 1. The molecule has 3 atom stereocenters. The number of methoxy groups -OCH3 is 1. The van der Waals surface area contributed by atoms with Gasteiger partial charge in [-0.2, -0.15) is 9.97 Å². The molecule has 4 aromatic rings. The van der Waals surface area contributed by atoms with E-state index >= 15 is 8.78 Å². The van der Waals surface area contributed by atoms with Crippen LogP contribution in [0.2, 0.25) is 0 Å². The first-order valence-electron chi connectivity index (χ1n) is 16.5. The standard InChI is InChI=1S/C35H39F3N6O4/c1-3-24-27(37)8-7-20-12-23(48-19-46-2)13-25(28(20)24)30-29(38)31-26(15-40-30)33(43-10-4-6-21(16-43)32(39)45)42-34(41-31)47-18-35-9-5-11-44(35)17-22(36)14-35/h7-8,12-13,15,21-22H,3-6,9-11,14,16-19H2,1-2H3,(H2,39,45)/t21-,22-,35+/m1/s1. The van der Waals surface area contributed by atoms with Gasteiger partial charge < -0.3 is 24.8 Å². The molecule has 5 heterocycles. The number of nitrogens with two attached hydrogens (primary N) is 1. The molecule has 10 nitrogen and oxygen atoms in total. The van der Waals surface area contributed by atoms with Crippen LogP contribution in [0.5, 0.6) is 11.8 Å². The van der Waals surface area contributed by atoms with Gasteiger partial charge in [-0.1, -0.05) is 13.0 Å². The van der Waals surface area contributed by atoms with Gasteiger partial charge in [0.2, 0.25) is 5.91 Å². The number of hydrogen-bond donors (Lipinski definition) is 1. The number of anilines is 1. The number of nitrogens with zero attached hydrogens (tertiary/aromatic N) is 5. The molecule has 7 rings (SSSR count). The van der Waals surface area contributed by atoms with Crippen molar-refractivity contribution in [1.29, 1.82) is 0 Å². The Morgan fingerprint density at radius 3 is 2.77 bits per heavy atom. The minimum atomic E-state index is -0.941. The van der Waals surface area contributed by atoms with Crippen LogP contribution in [0.15, 0.2) is 30.5 Å². The van der Waals surface area contributed by atoms with Gasteiger partial charge in [-0.05, 0) is 73.2 Å². The zero-order valence-corrected chi connectivity index (χ0v) is 27.1. The highest BCUT2D eigenvalue weighted by molar-refractivity contribution is 6.02. The molecule has 0 aliphatic carbocycles. The predicted molar refractivity (Wildman–Crippen MR) is 175 cm³/mol. The van der Waals surface area contributed by atoms with E-state index in [4.69, 9.17) is 24.9 Å². The van der Waals surface area contributed by atoms with Crippen molar-refractivity contribution >= 4 is 33.4 Å². The maximum Gasteiger partial charge on any atom is 0.319 e. The number of rotatable bonds is 10. The van der Waals surface area contributed by atoms with Crippen molar-refractivity contribution in [3.05, 3.63) is 47.7 Å². The molecule has 0 bridgehead atoms. The summed E-state index contributed by atoms with van der Waals surface area (Å²) in [6, 6.07) is 6.34. The van der Waals surface area contributed by atoms with Crippen molar-refractivity contribution in [2.24, 2.45) is 11.7 Å². The monoisotopic (exact) mass is 664 g/mol. The molecule has 3 fully saturated rings. The van der Waals surface area contributed by atoms with E-state index in [-0.39, 0.29) is 30.6 Å². The largest absolute Gasteiger partial charge is 0.468 e. The lowest BCUT2D eigenvalue weighted by Gasteiger charge is -2.33. The second-order valence-corrected chi connectivity index (χ2v) is 13.1. The fraction of sp³-hybridized carbons (Fsp3) is 0.486. The van der Waals surface area contributed by atoms with Gasteiger partial charge in [-0.25, -0.2) is 13.2 Å². The molecule has 2 aromatic heterocycles. The Bertz CT molecular complexity index is 1880. The second kappa shape index (κ2) is 13.0. The Morgan fingerprint density at radius 1 is 1.12 bits per heavy atom. The normalized spacial score (nSPS) is 22.8. The molecule has 1 amide bonds. The quantitative estimate of drug-likeness (QED) is 0.225. The summed E-state index contributed by atoms with van der Waals surface area (Å²) in [6.07, 6.45) is 4.33. The van der Waals surface area contributed by atoms with Crippen LogP contribution in [0.25, 0.3) is 32.9 Å². The van der Waals surface area contributed by atoms with Crippen LogP contribution in [0.3, 0.4) is 0 Å². The molecule has 48 heavy (non-hydrogen) atoms. The fourth-order valence-corrected chi connectivity index (χ4v) is 7.80. The average molecular weight is 665 g/mol. The number of ether oxygens (including phenoxy) is 3. The molecule has 3 aliphatic rings. The van der Waals surface area contributed by atoms with E-state index in [1.807, 2.05) is 11.8 Å². The average Bonchev–Trinajstić information content (AvgIpc) is 3.62. The summed E-state index contributed by atoms with van der Waals surface area (Å²) in [5.41, 5.74) is 5.89. The van der Waals surface area contributed by atoms with Gasteiger partial charge in [0.15, 0.2) is 12.6 Å². The highest BCUT2D eigenvalue weighted by Crippen LogP contribution is 2.42. The molecular weight excluding hydrogens is 625 g/mol. The minimum Gasteiger partial charge on any atom is -0.468 e. The Morgan fingerprint density at radius 2 is 1.98 bits per heavy atom. The number of aromatic nitrogens is 3. The number of carbonyl (C=O) groups is 1. The number of hydrogen-bond acceptors (Lipinski definition) is 9. The number of primary amides is 1. The molecule has 0 spiro atoms. The second-order valence-electron chi connectivity index (χ2n) is 13.1. The molecule has 254 valence electrons. The van der Waals surface area contributed by atoms with Crippen molar-refractivity contribution in [2.45, 2.75) is 57.2 Å². The summed E-state index contributed by atoms with van der Waals surface area (Å²) in [5, 5.41) is 1.50. The van der Waals surface area contributed by atoms with Crippen LogP contribution in [-0.2, 0) is 16.0 Å². The molecule has 2 aromatic carbocycles. The minimum absolute atomic E-state index is 0.0393. The molecule has 3 saturated heterocycles. The van der Waals surface area contributed by atoms with Gasteiger partial charge in [-0.3, -0.25) is 14.7 Å². The van der Waals surface area contributed by atoms with E-state index in [0.29, 0.717) is 84.2 Å². The van der Waals surface area contributed by atoms with E-state index in [0.717, 1.165) is 19.4 Å². The maximum absolute atomic E-state index is 17.0. The van der Waals surface area contributed by atoms with Crippen molar-refractivity contribution in [1.82, 2.24) is 19.9 Å². The zero-order chi connectivity index (χ0) is 33.6. The number of benzene rings is 2. The summed E-state index contributed by atoms with van der Waals surface area (Å²) in [5.74, 6) is -1.20. The number of halogens is 3. The van der Waals surface area contributed by atoms with Crippen LogP contribution in [0, 0.1) is 17.6 Å². The van der Waals surface area contributed by atoms with Crippen molar-refractivity contribution in [3.63, 3.8) is 0 Å². The third-order valence-corrected chi connectivity index (χ3v) is 10.1. The number of alkyl halides is 1.